The van der Waals surface area contributed by atoms with Crippen LogP contribution in [-0.4, -0.2) is 0 Å². The van der Waals surface area contributed by atoms with Gasteiger partial charge in [-0.25, -0.2) is 0 Å². The fourth-order valence-electron chi connectivity index (χ4n) is 1.84. The van der Waals surface area contributed by atoms with Crippen molar-refractivity contribution in [3.05, 3.63) is 11.7 Å². The van der Waals surface area contributed by atoms with E-state index in [1.807, 2.05) is 0 Å². The molecule has 0 aliphatic heterocycles. The summed E-state index contributed by atoms with van der Waals surface area (Å²) in [4.78, 5) is 0. The van der Waals surface area contributed by atoms with Crippen LogP contribution in [0.15, 0.2) is 11.7 Å². The molecule has 1 atom stereocenters. The zero-order valence-electron chi connectivity index (χ0n) is 7.58. The van der Waals surface area contributed by atoms with Crippen molar-refractivity contribution in [2.24, 2.45) is 5.92 Å². The summed E-state index contributed by atoms with van der Waals surface area (Å²) in [5, 5.41) is 0. The summed E-state index contributed by atoms with van der Waals surface area (Å²) in [5.74, 6) is 0.543. The Morgan fingerprint density at radius 3 is 2.75 bits per heavy atom. The molecule has 1 unspecified atom stereocenters. The van der Waals surface area contributed by atoms with Gasteiger partial charge in [-0.05, 0) is 30.8 Å². The molecule has 0 spiro atoms. The second kappa shape index (κ2) is 4.58. The van der Waals surface area contributed by atoms with E-state index in [4.69, 9.17) is 0 Å². The number of allylic oxidation sites excluding steroid dienone is 1. The van der Waals surface area contributed by atoms with Crippen molar-refractivity contribution < 1.29 is 8.78 Å². The molecule has 1 fully saturated rings. The third-order valence-electron chi connectivity index (χ3n) is 2.62. The standard InChI is InChI=1S/C10H16F2/c1-2-3-4-8-5-6-9(7-8)10(11)12/h8H,2-7H2,1H3. The topological polar surface area (TPSA) is 0 Å². The van der Waals surface area contributed by atoms with Crippen LogP contribution in [0, 0.1) is 5.92 Å². The van der Waals surface area contributed by atoms with Crippen LogP contribution in [0.2, 0.25) is 0 Å². The lowest BCUT2D eigenvalue weighted by atomic mass is 10.0. The molecule has 0 N–H and O–H groups in total. The Bertz CT molecular complexity index is 169. The van der Waals surface area contributed by atoms with Gasteiger partial charge in [0.25, 0.3) is 6.08 Å². The highest BCUT2D eigenvalue weighted by molar-refractivity contribution is 5.08. The smallest absolute Gasteiger partial charge is 0.173 e. The third-order valence-corrected chi connectivity index (χ3v) is 2.62. The van der Waals surface area contributed by atoms with Crippen LogP contribution in [0.3, 0.4) is 0 Å². The SMILES string of the molecule is CCCCC1CCC(=C(F)F)C1. The van der Waals surface area contributed by atoms with Crippen molar-refractivity contribution in [3.63, 3.8) is 0 Å². The quantitative estimate of drug-likeness (QED) is 0.603. The van der Waals surface area contributed by atoms with Crippen molar-refractivity contribution in [1.82, 2.24) is 0 Å². The van der Waals surface area contributed by atoms with E-state index in [0.717, 1.165) is 12.8 Å². The van der Waals surface area contributed by atoms with Gasteiger partial charge < -0.3 is 0 Å². The first-order chi connectivity index (χ1) is 5.74. The number of rotatable bonds is 3. The number of hydrogen-bond donors (Lipinski definition) is 0. The van der Waals surface area contributed by atoms with Crippen LogP contribution in [0.5, 0.6) is 0 Å². The maximum atomic E-state index is 12.1. The molecule has 0 aromatic carbocycles. The van der Waals surface area contributed by atoms with Crippen LogP contribution in [-0.2, 0) is 0 Å². The van der Waals surface area contributed by atoms with Crippen molar-refractivity contribution in [2.75, 3.05) is 0 Å². The monoisotopic (exact) mass is 174 g/mol. The minimum Gasteiger partial charge on any atom is -0.173 e. The van der Waals surface area contributed by atoms with Crippen LogP contribution in [0.25, 0.3) is 0 Å². The Morgan fingerprint density at radius 1 is 1.50 bits per heavy atom. The molecule has 0 aromatic heterocycles. The molecule has 1 aliphatic rings. The maximum Gasteiger partial charge on any atom is 0.269 e. The molecule has 0 saturated heterocycles. The van der Waals surface area contributed by atoms with E-state index < -0.39 is 6.08 Å². The Hall–Kier alpha value is -0.400. The molecule has 12 heavy (non-hydrogen) atoms. The van der Waals surface area contributed by atoms with E-state index in [-0.39, 0.29) is 0 Å². The molecule has 70 valence electrons. The zero-order chi connectivity index (χ0) is 8.97. The fraction of sp³-hybridized carbons (Fsp3) is 0.800. The summed E-state index contributed by atoms with van der Waals surface area (Å²) in [6, 6.07) is 0. The lowest BCUT2D eigenvalue weighted by molar-refractivity contribution is 0.405. The Morgan fingerprint density at radius 2 is 2.25 bits per heavy atom. The Balaban J connectivity index is 2.31. The van der Waals surface area contributed by atoms with Crippen molar-refractivity contribution in [2.45, 2.75) is 45.4 Å². The summed E-state index contributed by atoms with van der Waals surface area (Å²) >= 11 is 0. The van der Waals surface area contributed by atoms with E-state index in [1.54, 1.807) is 0 Å². The molecular weight excluding hydrogens is 158 g/mol. The molecule has 2 heteroatoms. The third kappa shape index (κ3) is 2.58. The van der Waals surface area contributed by atoms with Crippen molar-refractivity contribution in [1.29, 1.82) is 0 Å². The van der Waals surface area contributed by atoms with Gasteiger partial charge in [0.1, 0.15) is 0 Å². The molecule has 0 nitrogen and oxygen atoms in total. The molecule has 0 amide bonds. The van der Waals surface area contributed by atoms with Crippen LogP contribution < -0.4 is 0 Å². The van der Waals surface area contributed by atoms with E-state index >= 15 is 0 Å². The average molecular weight is 174 g/mol. The second-order valence-corrected chi connectivity index (χ2v) is 3.62. The van der Waals surface area contributed by atoms with Gasteiger partial charge in [-0.1, -0.05) is 26.2 Å². The average Bonchev–Trinajstić information content (AvgIpc) is 2.48. The summed E-state index contributed by atoms with van der Waals surface area (Å²) < 4.78 is 24.2. The van der Waals surface area contributed by atoms with Crippen LogP contribution in [0.1, 0.15) is 45.4 Å². The normalized spacial score (nSPS) is 23.2. The van der Waals surface area contributed by atoms with Crippen molar-refractivity contribution in [3.8, 4) is 0 Å². The predicted molar refractivity (Wildman–Crippen MR) is 46.1 cm³/mol. The zero-order valence-corrected chi connectivity index (χ0v) is 7.58. The number of unbranched alkanes of at least 4 members (excludes halogenated alkanes) is 1. The van der Waals surface area contributed by atoms with Gasteiger partial charge in [0.05, 0.1) is 0 Å². The molecular formula is C10H16F2. The Kier molecular flexibility index (Phi) is 3.70. The molecule has 1 aliphatic carbocycles. The van der Waals surface area contributed by atoms with E-state index in [9.17, 15) is 8.78 Å². The maximum absolute atomic E-state index is 12.1. The largest absolute Gasteiger partial charge is 0.269 e. The van der Waals surface area contributed by atoms with Gasteiger partial charge in [0, 0.05) is 0 Å². The molecule has 0 bridgehead atoms. The molecule has 0 aromatic rings. The molecule has 1 rings (SSSR count). The highest BCUT2D eigenvalue weighted by Gasteiger charge is 2.21. The van der Waals surface area contributed by atoms with Gasteiger partial charge in [-0.2, -0.15) is 8.78 Å². The predicted octanol–water partition coefficient (Wildman–Crippen LogP) is 4.13. The molecule has 0 heterocycles. The summed E-state index contributed by atoms with van der Waals surface area (Å²) in [7, 11) is 0. The molecule has 0 radical (unpaired) electrons. The van der Waals surface area contributed by atoms with E-state index in [2.05, 4.69) is 6.92 Å². The highest BCUT2D eigenvalue weighted by atomic mass is 19.3. The Labute approximate surface area is 72.7 Å². The van der Waals surface area contributed by atoms with Gasteiger partial charge in [-0.3, -0.25) is 0 Å². The van der Waals surface area contributed by atoms with Gasteiger partial charge in [-0.15, -0.1) is 0 Å². The van der Waals surface area contributed by atoms with Gasteiger partial charge in [0.15, 0.2) is 0 Å². The lowest BCUT2D eigenvalue weighted by Crippen LogP contribution is -1.91. The minimum absolute atomic E-state index is 0.413. The van der Waals surface area contributed by atoms with E-state index in [0.29, 0.717) is 24.3 Å². The number of hydrogen-bond acceptors (Lipinski definition) is 0. The summed E-state index contributed by atoms with van der Waals surface area (Å²) in [5.41, 5.74) is 0.413. The van der Waals surface area contributed by atoms with Gasteiger partial charge >= 0.3 is 0 Å². The first-order valence-electron chi connectivity index (χ1n) is 4.77. The fourth-order valence-corrected chi connectivity index (χ4v) is 1.84. The van der Waals surface area contributed by atoms with Crippen LogP contribution >= 0.6 is 0 Å². The number of halogens is 2. The first kappa shape index (κ1) is 9.69. The second-order valence-electron chi connectivity index (χ2n) is 3.62. The first-order valence-corrected chi connectivity index (χ1v) is 4.77. The lowest BCUT2D eigenvalue weighted by Gasteiger charge is -2.05. The van der Waals surface area contributed by atoms with Gasteiger partial charge in [0.2, 0.25) is 0 Å². The summed E-state index contributed by atoms with van der Waals surface area (Å²) in [6.07, 6.45) is 4.34. The minimum atomic E-state index is -1.42. The highest BCUT2D eigenvalue weighted by Crippen LogP contribution is 2.35. The molecule has 1 saturated carbocycles. The van der Waals surface area contributed by atoms with E-state index in [1.165, 1.54) is 12.8 Å². The van der Waals surface area contributed by atoms with Crippen LogP contribution in [0.4, 0.5) is 8.78 Å². The summed E-state index contributed by atoms with van der Waals surface area (Å²) in [6.45, 7) is 2.14. The van der Waals surface area contributed by atoms with Crippen molar-refractivity contribution >= 4 is 0 Å².